The van der Waals surface area contributed by atoms with Gasteiger partial charge in [-0.2, -0.15) is 4.39 Å². The first-order chi connectivity index (χ1) is 18.3. The van der Waals surface area contributed by atoms with Gasteiger partial charge >= 0.3 is 11.7 Å². The van der Waals surface area contributed by atoms with E-state index >= 15 is 0 Å². The van der Waals surface area contributed by atoms with Crippen LogP contribution in [0, 0.1) is 11.7 Å². The molecule has 1 aliphatic rings. The van der Waals surface area contributed by atoms with Crippen LogP contribution in [0.2, 0.25) is 0 Å². The van der Waals surface area contributed by atoms with Gasteiger partial charge in [-0.25, -0.2) is 9.59 Å². The number of benzene rings is 1. The zero-order valence-corrected chi connectivity index (χ0v) is 22.3. The van der Waals surface area contributed by atoms with Crippen LogP contribution >= 0.6 is 12.4 Å². The molecule has 1 aliphatic heterocycles. The van der Waals surface area contributed by atoms with Crippen LogP contribution in [0.4, 0.5) is 4.39 Å². The van der Waals surface area contributed by atoms with Crippen molar-refractivity contribution in [1.29, 1.82) is 0 Å². The van der Waals surface area contributed by atoms with Gasteiger partial charge in [0.15, 0.2) is 17.7 Å². The van der Waals surface area contributed by atoms with Gasteiger partial charge in [0.05, 0.1) is 12.2 Å². The maximum atomic E-state index is 13.7. The van der Waals surface area contributed by atoms with E-state index in [9.17, 15) is 44.0 Å². The van der Waals surface area contributed by atoms with Gasteiger partial charge in [0, 0.05) is 0 Å². The number of nitrogens with two attached hydrogens (primary N) is 1. The molecule has 2 heterocycles. The first-order valence-corrected chi connectivity index (χ1v) is 12.1. The molecule has 14 nitrogen and oxygen atoms in total. The summed E-state index contributed by atoms with van der Waals surface area (Å²) in [6.07, 6.45) is -5.29. The summed E-state index contributed by atoms with van der Waals surface area (Å²) in [6, 6.07) is 1.73. The Kier molecular flexibility index (Phi) is 11.2. The van der Waals surface area contributed by atoms with E-state index in [1.54, 1.807) is 18.8 Å². The Labute approximate surface area is 232 Å². The number of halogens is 2. The Morgan fingerprint density at radius 2 is 1.90 bits per heavy atom. The van der Waals surface area contributed by atoms with Crippen molar-refractivity contribution in [2.45, 2.75) is 63.3 Å². The van der Waals surface area contributed by atoms with Crippen LogP contribution in [0.5, 0.6) is 11.5 Å². The van der Waals surface area contributed by atoms with Crippen molar-refractivity contribution < 1.29 is 43.9 Å². The molecule has 1 aromatic heterocycles. The molecule has 0 radical (unpaired) electrons. The van der Waals surface area contributed by atoms with Crippen molar-refractivity contribution in [3.05, 3.63) is 56.6 Å². The van der Waals surface area contributed by atoms with Crippen molar-refractivity contribution in [3.8, 4) is 11.5 Å². The van der Waals surface area contributed by atoms with Crippen LogP contribution in [0.15, 0.2) is 34.0 Å². The molecule has 0 bridgehead atoms. The second-order valence-corrected chi connectivity index (χ2v) is 9.33. The maximum Gasteiger partial charge on any atom is 0.330 e. The third-order valence-electron chi connectivity index (χ3n) is 6.52. The molecule has 0 saturated carbocycles. The van der Waals surface area contributed by atoms with Crippen LogP contribution < -0.4 is 22.3 Å². The second-order valence-electron chi connectivity index (χ2n) is 9.33. The molecule has 8 N–H and O–H groups in total. The lowest BCUT2D eigenvalue weighted by Crippen LogP contribution is -2.52. The topological polar surface area (TPSA) is 226 Å². The predicted octanol–water partition coefficient (Wildman–Crippen LogP) is -1.23. The SMILES string of the molecule is CC[C@H](C)[C@H](NC(=O)[C@@H](N)Cc1ccc(O)c(O)c1)C(=O)OC[C@H]1O[C@@H](n2cc(F)c(=O)[nH]c2=O)[C@H](O)[C@@H]1O.Cl. The number of aliphatic hydroxyl groups is 2. The average molecular weight is 591 g/mol. The molecule has 16 heteroatoms. The minimum Gasteiger partial charge on any atom is -0.504 e. The molecule has 1 fully saturated rings. The van der Waals surface area contributed by atoms with E-state index in [0.29, 0.717) is 22.7 Å². The number of rotatable bonds is 10. The minimum atomic E-state index is -1.72. The molecule has 0 unspecified atom stereocenters. The predicted molar refractivity (Wildman–Crippen MR) is 138 cm³/mol. The van der Waals surface area contributed by atoms with Gasteiger partial charge in [-0.1, -0.05) is 26.3 Å². The number of esters is 1. The number of hydrogen-bond donors (Lipinski definition) is 7. The number of phenols is 2. The number of phenolic OH excluding ortho intramolecular Hbond substituents is 2. The molecule has 2 aromatic rings. The molecule has 0 aliphatic carbocycles. The van der Waals surface area contributed by atoms with E-state index in [0.717, 1.165) is 0 Å². The average Bonchev–Trinajstić information content (AvgIpc) is 3.17. The fourth-order valence-corrected chi connectivity index (χ4v) is 3.97. The molecule has 40 heavy (non-hydrogen) atoms. The number of aromatic hydroxyl groups is 2. The van der Waals surface area contributed by atoms with E-state index in [1.165, 1.54) is 18.2 Å². The van der Waals surface area contributed by atoms with E-state index in [-0.39, 0.29) is 30.3 Å². The molecular weight excluding hydrogens is 559 g/mol. The van der Waals surface area contributed by atoms with Gasteiger partial charge in [0.1, 0.15) is 31.0 Å². The standard InChI is InChI=1S/C24H31FN4O10.ClH/c1-3-10(2)17(27-21(35)13(26)6-11-4-5-14(30)15(31)7-11)23(36)38-9-16-18(32)19(33)22(39-16)29-8-12(25)20(34)28-24(29)37;/h4-5,7-8,10,13,16-19,22,30-33H,3,6,9,26H2,1-2H3,(H,27,35)(H,28,34,37);1H/t10-,13-,16+,17-,18+,19+,22+;/m0./s1. The number of carbonyl (C=O) groups is 2. The molecule has 7 atom stereocenters. The van der Waals surface area contributed by atoms with Crippen molar-refractivity contribution in [2.75, 3.05) is 6.61 Å². The largest absolute Gasteiger partial charge is 0.504 e. The first kappa shape index (κ1) is 32.7. The van der Waals surface area contributed by atoms with E-state index in [2.05, 4.69) is 5.32 Å². The number of aromatic amines is 1. The number of aromatic nitrogens is 2. The fraction of sp³-hybridized carbons (Fsp3) is 0.500. The molecule has 3 rings (SSSR count). The Morgan fingerprint density at radius 1 is 1.23 bits per heavy atom. The summed E-state index contributed by atoms with van der Waals surface area (Å²) in [4.78, 5) is 50.6. The lowest BCUT2D eigenvalue weighted by molar-refractivity contribution is -0.155. The number of amides is 1. The number of H-pyrrole nitrogens is 1. The highest BCUT2D eigenvalue weighted by Crippen LogP contribution is 2.29. The third-order valence-corrected chi connectivity index (χ3v) is 6.52. The molecule has 222 valence electrons. The normalized spacial score (nSPS) is 22.6. The van der Waals surface area contributed by atoms with Crippen LogP contribution in [0.25, 0.3) is 0 Å². The monoisotopic (exact) mass is 590 g/mol. The first-order valence-electron chi connectivity index (χ1n) is 12.1. The Hall–Kier alpha value is -3.50. The third kappa shape index (κ3) is 7.37. The van der Waals surface area contributed by atoms with E-state index in [4.69, 9.17) is 15.2 Å². The summed E-state index contributed by atoms with van der Waals surface area (Å²) in [6.45, 7) is 2.88. The zero-order valence-electron chi connectivity index (χ0n) is 21.5. The second kappa shape index (κ2) is 13.7. The van der Waals surface area contributed by atoms with Crippen molar-refractivity contribution in [2.24, 2.45) is 11.7 Å². The molecule has 0 spiro atoms. The summed E-state index contributed by atoms with van der Waals surface area (Å²) < 4.78 is 24.9. The van der Waals surface area contributed by atoms with Crippen molar-refractivity contribution >= 4 is 24.3 Å². The van der Waals surface area contributed by atoms with Crippen LogP contribution in [0.3, 0.4) is 0 Å². The van der Waals surface area contributed by atoms with Crippen LogP contribution in [-0.4, -0.2) is 78.9 Å². The van der Waals surface area contributed by atoms with Gasteiger partial charge in [-0.3, -0.25) is 19.1 Å². The smallest absolute Gasteiger partial charge is 0.330 e. The van der Waals surface area contributed by atoms with Gasteiger partial charge in [-0.05, 0) is 30.0 Å². The van der Waals surface area contributed by atoms with Crippen molar-refractivity contribution in [3.63, 3.8) is 0 Å². The Morgan fingerprint density at radius 3 is 2.52 bits per heavy atom. The molecule has 1 amide bonds. The summed E-state index contributed by atoms with van der Waals surface area (Å²) in [5.41, 5.74) is 4.08. The number of nitrogens with zero attached hydrogens (tertiary/aromatic N) is 1. The maximum absolute atomic E-state index is 13.7. The van der Waals surface area contributed by atoms with Crippen LogP contribution in [0.1, 0.15) is 32.1 Å². The van der Waals surface area contributed by atoms with Gasteiger partial charge in [-0.15, -0.1) is 12.4 Å². The molecule has 1 saturated heterocycles. The minimum absolute atomic E-state index is 0. The Balaban J connectivity index is 0.00000560. The highest BCUT2D eigenvalue weighted by molar-refractivity contribution is 5.87. The van der Waals surface area contributed by atoms with Gasteiger partial charge in [0.25, 0.3) is 5.56 Å². The summed E-state index contributed by atoms with van der Waals surface area (Å²) in [5, 5.41) is 42.2. The molecule has 1 aromatic carbocycles. The number of aliphatic hydroxyl groups excluding tert-OH is 2. The Bertz CT molecular complexity index is 1320. The van der Waals surface area contributed by atoms with Crippen LogP contribution in [-0.2, 0) is 25.5 Å². The van der Waals surface area contributed by atoms with Crippen molar-refractivity contribution in [1.82, 2.24) is 14.9 Å². The number of hydrogen-bond acceptors (Lipinski definition) is 11. The summed E-state index contributed by atoms with van der Waals surface area (Å²) in [7, 11) is 0. The number of ether oxygens (including phenoxy) is 2. The van der Waals surface area contributed by atoms with E-state index in [1.807, 2.05) is 0 Å². The zero-order chi connectivity index (χ0) is 29.0. The molecular formula is C24H32ClFN4O10. The van der Waals surface area contributed by atoms with Gasteiger partial charge in [0.2, 0.25) is 11.7 Å². The quantitative estimate of drug-likeness (QED) is 0.128. The van der Waals surface area contributed by atoms with Gasteiger partial charge < -0.3 is 41.0 Å². The highest BCUT2D eigenvalue weighted by Gasteiger charge is 2.45. The fourth-order valence-electron chi connectivity index (χ4n) is 3.97. The summed E-state index contributed by atoms with van der Waals surface area (Å²) >= 11 is 0. The highest BCUT2D eigenvalue weighted by atomic mass is 35.5. The number of carbonyl (C=O) groups excluding carboxylic acids is 2. The lowest BCUT2D eigenvalue weighted by Gasteiger charge is -2.25. The summed E-state index contributed by atoms with van der Waals surface area (Å²) in [5.74, 6) is -3.99. The lowest BCUT2D eigenvalue weighted by atomic mass is 9.98. The van der Waals surface area contributed by atoms with E-state index < -0.39 is 78.1 Å². The number of nitrogens with one attached hydrogen (secondary N) is 2.